The van der Waals surface area contributed by atoms with Crippen molar-refractivity contribution in [3.05, 3.63) is 94.3 Å². The number of nitrogens with zero attached hydrogens (tertiary/aromatic N) is 2. The lowest BCUT2D eigenvalue weighted by molar-refractivity contribution is -0.384. The number of carbonyl (C=O) groups excluding carboxylic acids is 1. The number of fused-ring (bicyclic) bond motifs is 1. The van der Waals surface area contributed by atoms with Crippen molar-refractivity contribution in [1.29, 1.82) is 0 Å². The van der Waals surface area contributed by atoms with Gasteiger partial charge in [-0.2, -0.15) is 5.10 Å². The van der Waals surface area contributed by atoms with E-state index in [0.717, 1.165) is 13.8 Å². The molecule has 8 nitrogen and oxygen atoms in total. The summed E-state index contributed by atoms with van der Waals surface area (Å²) in [6.07, 6.45) is 1.49. The van der Waals surface area contributed by atoms with Gasteiger partial charge in [0.15, 0.2) is 11.5 Å². The number of nitrogens with one attached hydrogen (secondary N) is 1. The molecule has 0 atom stereocenters. The van der Waals surface area contributed by atoms with E-state index in [0.29, 0.717) is 37.4 Å². The number of ether oxygens (including phenoxy) is 2. The van der Waals surface area contributed by atoms with Gasteiger partial charge in [-0.25, -0.2) is 5.43 Å². The van der Waals surface area contributed by atoms with Crippen LogP contribution in [0.3, 0.4) is 0 Å². The smallest absolute Gasteiger partial charge is 0.281 e. The maximum absolute atomic E-state index is 12.5. The third kappa shape index (κ3) is 6.06. The Bertz CT molecular complexity index is 1510. The predicted molar refractivity (Wildman–Crippen MR) is 150 cm³/mol. The molecule has 1 heterocycles. The van der Waals surface area contributed by atoms with Crippen molar-refractivity contribution in [3.8, 4) is 11.5 Å². The lowest BCUT2D eigenvalue weighted by Gasteiger charge is -2.14. The SMILES string of the molecule is COc1cc(/C=N\NC(=O)c2cc3cc([N+](=O)[O-])ccc3s2)cc(I)c1OCc1ccc(Cl)cc1Cl. The largest absolute Gasteiger partial charge is 0.493 e. The van der Waals surface area contributed by atoms with Crippen molar-refractivity contribution in [2.75, 3.05) is 7.11 Å². The second-order valence-corrected chi connectivity index (χ2v) is 10.4. The highest BCUT2D eigenvalue weighted by Crippen LogP contribution is 2.35. The second kappa shape index (κ2) is 11.4. The van der Waals surface area contributed by atoms with E-state index in [2.05, 4.69) is 33.1 Å². The van der Waals surface area contributed by atoms with Crippen LogP contribution in [0.15, 0.2) is 59.7 Å². The number of benzene rings is 3. The van der Waals surface area contributed by atoms with Gasteiger partial charge >= 0.3 is 0 Å². The normalized spacial score (nSPS) is 11.1. The summed E-state index contributed by atoms with van der Waals surface area (Å²) < 4.78 is 13.0. The van der Waals surface area contributed by atoms with E-state index in [1.807, 2.05) is 6.07 Å². The van der Waals surface area contributed by atoms with Gasteiger partial charge in [-0.15, -0.1) is 11.3 Å². The summed E-state index contributed by atoms with van der Waals surface area (Å²) in [6, 6.07) is 14.8. The molecule has 0 saturated carbocycles. The first kappa shape index (κ1) is 26.1. The molecule has 0 aliphatic rings. The zero-order valence-electron chi connectivity index (χ0n) is 18.5. The van der Waals surface area contributed by atoms with E-state index in [9.17, 15) is 14.9 Å². The Hall–Kier alpha value is -2.93. The number of rotatable bonds is 8. The lowest BCUT2D eigenvalue weighted by atomic mass is 10.2. The van der Waals surface area contributed by atoms with Crippen molar-refractivity contribution in [2.24, 2.45) is 5.10 Å². The molecule has 0 radical (unpaired) electrons. The number of methoxy groups -OCH3 is 1. The summed E-state index contributed by atoms with van der Waals surface area (Å²) in [5, 5.41) is 16.7. The minimum atomic E-state index is -0.472. The number of nitro groups is 1. The molecule has 0 spiro atoms. The van der Waals surface area contributed by atoms with Gasteiger partial charge in [0, 0.05) is 37.8 Å². The molecule has 0 aliphatic carbocycles. The molecule has 184 valence electrons. The molecule has 1 amide bonds. The third-order valence-corrected chi connectivity index (χ3v) is 7.46. The first-order valence-electron chi connectivity index (χ1n) is 10.2. The maximum atomic E-state index is 12.5. The number of hydrogen-bond acceptors (Lipinski definition) is 7. The summed E-state index contributed by atoms with van der Waals surface area (Å²) in [6.45, 7) is 0.226. The van der Waals surface area contributed by atoms with Gasteiger partial charge in [0.05, 0.1) is 26.7 Å². The van der Waals surface area contributed by atoms with Crippen molar-refractivity contribution >= 4 is 85.0 Å². The van der Waals surface area contributed by atoms with Crippen LogP contribution in [0, 0.1) is 13.7 Å². The molecule has 0 saturated heterocycles. The molecule has 36 heavy (non-hydrogen) atoms. The molecule has 4 rings (SSSR count). The van der Waals surface area contributed by atoms with E-state index >= 15 is 0 Å². The Morgan fingerprint density at radius 3 is 2.72 bits per heavy atom. The number of hydrazone groups is 1. The fourth-order valence-corrected chi connectivity index (χ4v) is 5.40. The topological polar surface area (TPSA) is 103 Å². The van der Waals surface area contributed by atoms with Crippen molar-refractivity contribution in [1.82, 2.24) is 5.43 Å². The Morgan fingerprint density at radius 2 is 2.00 bits per heavy atom. The number of nitro benzene ring substituents is 1. The summed E-state index contributed by atoms with van der Waals surface area (Å²) >= 11 is 15.5. The number of non-ortho nitro benzene ring substituents is 1. The van der Waals surface area contributed by atoms with Gasteiger partial charge in [-0.1, -0.05) is 29.3 Å². The Labute approximate surface area is 233 Å². The van der Waals surface area contributed by atoms with Gasteiger partial charge in [0.25, 0.3) is 11.6 Å². The van der Waals surface area contributed by atoms with Gasteiger partial charge in [0.2, 0.25) is 0 Å². The van der Waals surface area contributed by atoms with Crippen molar-refractivity contribution in [2.45, 2.75) is 6.61 Å². The van der Waals surface area contributed by atoms with Crippen LogP contribution in [0.4, 0.5) is 5.69 Å². The van der Waals surface area contributed by atoms with Crippen LogP contribution in [0.1, 0.15) is 20.8 Å². The van der Waals surface area contributed by atoms with Gasteiger partial charge in [0.1, 0.15) is 6.61 Å². The molecule has 1 N–H and O–H groups in total. The Kier molecular flexibility index (Phi) is 8.29. The van der Waals surface area contributed by atoms with E-state index in [1.54, 1.807) is 36.4 Å². The molecule has 0 aliphatic heterocycles. The van der Waals surface area contributed by atoms with Gasteiger partial charge in [-0.3, -0.25) is 14.9 Å². The highest BCUT2D eigenvalue weighted by atomic mass is 127. The zero-order valence-corrected chi connectivity index (χ0v) is 22.9. The quantitative estimate of drug-likeness (QED) is 0.0946. The highest BCUT2D eigenvalue weighted by molar-refractivity contribution is 14.1. The monoisotopic (exact) mass is 655 g/mol. The van der Waals surface area contributed by atoms with Crippen LogP contribution in [0.5, 0.6) is 11.5 Å². The Morgan fingerprint density at radius 1 is 1.19 bits per heavy atom. The number of thiophene rings is 1. The molecule has 1 aromatic heterocycles. The van der Waals surface area contributed by atoms with E-state index in [-0.39, 0.29) is 12.3 Å². The van der Waals surface area contributed by atoms with Crippen molar-refractivity contribution in [3.63, 3.8) is 0 Å². The molecule has 3 aromatic carbocycles. The standard InChI is InChI=1S/C24H16Cl2IN3O5S/c1-34-20-7-13(6-19(27)23(20)35-12-14-2-3-16(25)10-18(14)26)11-28-29-24(31)22-9-15-8-17(30(32)33)4-5-21(15)36-22/h2-11H,12H2,1H3,(H,29,31)/b28-11-. The molecular formula is C24H16Cl2IN3O5S. The number of halogens is 3. The number of carbonyl (C=O) groups is 1. The van der Waals surface area contributed by atoms with E-state index in [1.165, 1.54) is 36.8 Å². The fraction of sp³-hybridized carbons (Fsp3) is 0.0833. The first-order valence-corrected chi connectivity index (χ1v) is 12.9. The third-order valence-electron chi connectivity index (χ3n) is 4.95. The molecule has 0 fully saturated rings. The van der Waals surface area contributed by atoms with Crippen LogP contribution in [0.25, 0.3) is 10.1 Å². The average molecular weight is 656 g/mol. The fourth-order valence-electron chi connectivity index (χ4n) is 3.22. The number of amides is 1. The van der Waals surface area contributed by atoms with Gasteiger partial charge < -0.3 is 9.47 Å². The minimum Gasteiger partial charge on any atom is -0.493 e. The van der Waals surface area contributed by atoms with Gasteiger partial charge in [-0.05, 0) is 64.6 Å². The van der Waals surface area contributed by atoms with E-state index < -0.39 is 10.8 Å². The maximum Gasteiger partial charge on any atom is 0.281 e. The predicted octanol–water partition coefficient (Wildman–Crippen LogP) is 7.07. The molecule has 0 unspecified atom stereocenters. The first-order chi connectivity index (χ1) is 17.2. The van der Waals surface area contributed by atoms with E-state index in [4.69, 9.17) is 32.7 Å². The highest BCUT2D eigenvalue weighted by Gasteiger charge is 2.14. The van der Waals surface area contributed by atoms with Crippen LogP contribution in [0.2, 0.25) is 10.0 Å². The minimum absolute atomic E-state index is 0.0301. The summed E-state index contributed by atoms with van der Waals surface area (Å²) in [7, 11) is 1.53. The number of hydrogen-bond donors (Lipinski definition) is 1. The molecular weight excluding hydrogens is 640 g/mol. The molecule has 4 aromatic rings. The van der Waals surface area contributed by atoms with Crippen LogP contribution in [-0.4, -0.2) is 24.2 Å². The molecule has 0 bridgehead atoms. The summed E-state index contributed by atoms with van der Waals surface area (Å²) in [5.74, 6) is 0.618. The van der Waals surface area contributed by atoms with Crippen molar-refractivity contribution < 1.29 is 19.2 Å². The van der Waals surface area contributed by atoms with Crippen LogP contribution in [-0.2, 0) is 6.61 Å². The summed E-state index contributed by atoms with van der Waals surface area (Å²) in [5.41, 5.74) is 3.91. The second-order valence-electron chi connectivity index (χ2n) is 7.35. The Balaban J connectivity index is 1.45. The van der Waals surface area contributed by atoms with Crippen LogP contribution < -0.4 is 14.9 Å². The zero-order chi connectivity index (χ0) is 25.8. The summed E-state index contributed by atoms with van der Waals surface area (Å²) in [4.78, 5) is 23.4. The molecule has 12 heteroatoms. The average Bonchev–Trinajstić information content (AvgIpc) is 3.27. The lowest BCUT2D eigenvalue weighted by Crippen LogP contribution is -2.16. The van der Waals surface area contributed by atoms with Crippen LogP contribution >= 0.6 is 57.1 Å².